The first-order valence-corrected chi connectivity index (χ1v) is 6.63. The topological polar surface area (TPSA) is 29.1 Å². The molecule has 1 aromatic carbocycles. The van der Waals surface area contributed by atoms with Crippen molar-refractivity contribution in [3.8, 4) is 0 Å². The van der Waals surface area contributed by atoms with Crippen LogP contribution in [0, 0.1) is 5.92 Å². The molecule has 0 saturated carbocycles. The third-order valence-electron chi connectivity index (χ3n) is 3.35. The Hall–Kier alpha value is -0.860. The largest absolute Gasteiger partial charge is 0.316 e. The number of carbonyl (C=O) groups excluding carboxylic acids is 1. The molecule has 1 atom stereocenters. The highest BCUT2D eigenvalue weighted by Crippen LogP contribution is 2.21. The van der Waals surface area contributed by atoms with Gasteiger partial charge in [-0.05, 0) is 50.4 Å². The summed E-state index contributed by atoms with van der Waals surface area (Å²) in [5.74, 6) is 0.816. The van der Waals surface area contributed by atoms with Crippen molar-refractivity contribution in [3.63, 3.8) is 0 Å². The molecule has 1 heterocycles. The van der Waals surface area contributed by atoms with E-state index in [0.29, 0.717) is 22.9 Å². The maximum Gasteiger partial charge on any atom is 0.164 e. The molecular weight excluding hydrogens is 234 g/mol. The Morgan fingerprint density at radius 1 is 1.41 bits per heavy atom. The van der Waals surface area contributed by atoms with E-state index in [2.05, 4.69) is 5.32 Å². The Morgan fingerprint density at radius 3 is 2.94 bits per heavy atom. The second-order valence-electron chi connectivity index (χ2n) is 4.65. The van der Waals surface area contributed by atoms with Gasteiger partial charge < -0.3 is 5.32 Å². The monoisotopic (exact) mass is 251 g/mol. The second kappa shape index (κ2) is 6.18. The highest BCUT2D eigenvalue weighted by Gasteiger charge is 2.16. The van der Waals surface area contributed by atoms with Gasteiger partial charge in [0.05, 0.1) is 5.02 Å². The van der Waals surface area contributed by atoms with Crippen LogP contribution in [-0.2, 0) is 0 Å². The predicted molar refractivity (Wildman–Crippen MR) is 70.6 cm³/mol. The molecular formula is C14H18ClNO. The molecule has 1 aliphatic heterocycles. The fourth-order valence-corrected chi connectivity index (χ4v) is 2.57. The summed E-state index contributed by atoms with van der Waals surface area (Å²) in [6, 6.07) is 7.30. The molecule has 1 aromatic rings. The predicted octanol–water partition coefficient (Wildman–Crippen LogP) is 3.30. The lowest BCUT2D eigenvalue weighted by atomic mass is 9.92. The molecule has 1 aliphatic rings. The smallest absolute Gasteiger partial charge is 0.164 e. The van der Waals surface area contributed by atoms with Crippen LogP contribution in [0.15, 0.2) is 24.3 Å². The zero-order valence-corrected chi connectivity index (χ0v) is 10.7. The first-order chi connectivity index (χ1) is 8.27. The molecule has 0 aromatic heterocycles. The van der Waals surface area contributed by atoms with Crippen molar-refractivity contribution in [2.24, 2.45) is 5.92 Å². The molecule has 0 radical (unpaired) electrons. The fraction of sp³-hybridized carbons (Fsp3) is 0.500. The van der Waals surface area contributed by atoms with Gasteiger partial charge in [-0.1, -0.05) is 23.7 Å². The van der Waals surface area contributed by atoms with E-state index in [1.807, 2.05) is 18.2 Å². The van der Waals surface area contributed by atoms with Gasteiger partial charge in [0.2, 0.25) is 0 Å². The number of benzene rings is 1. The second-order valence-corrected chi connectivity index (χ2v) is 5.06. The summed E-state index contributed by atoms with van der Waals surface area (Å²) in [7, 11) is 0. The minimum absolute atomic E-state index is 0.168. The number of halogens is 1. The third-order valence-corrected chi connectivity index (χ3v) is 3.68. The quantitative estimate of drug-likeness (QED) is 0.832. The highest BCUT2D eigenvalue weighted by molar-refractivity contribution is 6.33. The molecule has 2 nitrogen and oxygen atoms in total. The van der Waals surface area contributed by atoms with Gasteiger partial charge in [0.25, 0.3) is 0 Å². The van der Waals surface area contributed by atoms with Crippen LogP contribution in [0.25, 0.3) is 0 Å². The van der Waals surface area contributed by atoms with Gasteiger partial charge in [-0.25, -0.2) is 0 Å². The number of ketones is 1. The minimum Gasteiger partial charge on any atom is -0.316 e. The number of piperidine rings is 1. The number of Topliss-reactive ketones (excluding diaryl/α,β-unsaturated/α-hetero) is 1. The van der Waals surface area contributed by atoms with E-state index < -0.39 is 0 Å². The van der Waals surface area contributed by atoms with Gasteiger partial charge in [-0.15, -0.1) is 0 Å². The average molecular weight is 252 g/mol. The van der Waals surface area contributed by atoms with Crippen molar-refractivity contribution < 1.29 is 4.79 Å². The van der Waals surface area contributed by atoms with Gasteiger partial charge >= 0.3 is 0 Å². The van der Waals surface area contributed by atoms with Crippen LogP contribution in [-0.4, -0.2) is 18.9 Å². The number of hydrogen-bond donors (Lipinski definition) is 1. The molecule has 0 spiro atoms. The molecule has 1 fully saturated rings. The van der Waals surface area contributed by atoms with E-state index in [0.717, 1.165) is 19.5 Å². The SMILES string of the molecule is O=C(CCC1CCCNC1)c1ccccc1Cl. The van der Waals surface area contributed by atoms with Gasteiger partial charge in [0.1, 0.15) is 0 Å². The van der Waals surface area contributed by atoms with Gasteiger partial charge in [0, 0.05) is 12.0 Å². The van der Waals surface area contributed by atoms with E-state index in [9.17, 15) is 4.79 Å². The van der Waals surface area contributed by atoms with Crippen molar-refractivity contribution in [3.05, 3.63) is 34.9 Å². The number of nitrogens with one attached hydrogen (secondary N) is 1. The lowest BCUT2D eigenvalue weighted by Crippen LogP contribution is -2.30. The number of hydrogen-bond acceptors (Lipinski definition) is 2. The normalized spacial score (nSPS) is 20.2. The summed E-state index contributed by atoms with van der Waals surface area (Å²) in [6.45, 7) is 2.17. The summed E-state index contributed by atoms with van der Waals surface area (Å²) in [6.07, 6.45) is 4.04. The van der Waals surface area contributed by atoms with Crippen molar-refractivity contribution in [1.29, 1.82) is 0 Å². The molecule has 0 bridgehead atoms. The van der Waals surface area contributed by atoms with E-state index in [4.69, 9.17) is 11.6 Å². The van der Waals surface area contributed by atoms with Crippen LogP contribution in [0.5, 0.6) is 0 Å². The lowest BCUT2D eigenvalue weighted by molar-refractivity contribution is 0.0971. The van der Waals surface area contributed by atoms with E-state index in [1.165, 1.54) is 12.8 Å². The molecule has 92 valence electrons. The van der Waals surface area contributed by atoms with Crippen LogP contribution >= 0.6 is 11.6 Å². The summed E-state index contributed by atoms with van der Waals surface area (Å²) in [5.41, 5.74) is 0.665. The van der Waals surface area contributed by atoms with Crippen LogP contribution in [0.3, 0.4) is 0 Å². The molecule has 17 heavy (non-hydrogen) atoms. The van der Waals surface area contributed by atoms with Crippen molar-refractivity contribution >= 4 is 17.4 Å². The molecule has 1 unspecified atom stereocenters. The van der Waals surface area contributed by atoms with Gasteiger partial charge in [0.15, 0.2) is 5.78 Å². The Balaban J connectivity index is 1.87. The number of rotatable bonds is 4. The third kappa shape index (κ3) is 3.55. The maximum absolute atomic E-state index is 12.0. The first-order valence-electron chi connectivity index (χ1n) is 6.26. The molecule has 2 rings (SSSR count). The first kappa shape index (κ1) is 12.6. The van der Waals surface area contributed by atoms with Gasteiger partial charge in [-0.3, -0.25) is 4.79 Å². The Labute approximate surface area is 107 Å². The summed E-state index contributed by atoms with van der Waals surface area (Å²) >= 11 is 6.01. The Bertz CT molecular complexity index is 386. The summed E-state index contributed by atoms with van der Waals surface area (Å²) in [4.78, 5) is 12.0. The minimum atomic E-state index is 0.168. The van der Waals surface area contributed by atoms with E-state index >= 15 is 0 Å². The molecule has 3 heteroatoms. The van der Waals surface area contributed by atoms with Crippen LogP contribution in [0.2, 0.25) is 5.02 Å². The molecule has 0 amide bonds. The van der Waals surface area contributed by atoms with Crippen molar-refractivity contribution in [2.45, 2.75) is 25.7 Å². The van der Waals surface area contributed by atoms with E-state index in [1.54, 1.807) is 6.07 Å². The maximum atomic E-state index is 12.0. The van der Waals surface area contributed by atoms with Crippen molar-refractivity contribution in [2.75, 3.05) is 13.1 Å². The Morgan fingerprint density at radius 2 is 2.24 bits per heavy atom. The van der Waals surface area contributed by atoms with Crippen molar-refractivity contribution in [1.82, 2.24) is 5.32 Å². The fourth-order valence-electron chi connectivity index (χ4n) is 2.33. The van der Waals surface area contributed by atoms with Crippen LogP contribution in [0.4, 0.5) is 0 Å². The van der Waals surface area contributed by atoms with Gasteiger partial charge in [-0.2, -0.15) is 0 Å². The Kier molecular flexibility index (Phi) is 4.57. The lowest BCUT2D eigenvalue weighted by Gasteiger charge is -2.22. The zero-order chi connectivity index (χ0) is 12.1. The molecule has 1 saturated heterocycles. The molecule has 1 N–H and O–H groups in total. The van der Waals surface area contributed by atoms with Crippen LogP contribution < -0.4 is 5.32 Å². The van der Waals surface area contributed by atoms with E-state index in [-0.39, 0.29) is 5.78 Å². The molecule has 0 aliphatic carbocycles. The zero-order valence-electron chi connectivity index (χ0n) is 9.92. The number of carbonyl (C=O) groups is 1. The average Bonchev–Trinajstić information content (AvgIpc) is 2.38. The summed E-state index contributed by atoms with van der Waals surface area (Å²) < 4.78 is 0. The standard InChI is InChI=1S/C14H18ClNO/c15-13-6-2-1-5-12(13)14(17)8-7-11-4-3-9-16-10-11/h1-2,5-6,11,16H,3-4,7-10H2. The highest BCUT2D eigenvalue weighted by atomic mass is 35.5. The summed E-state index contributed by atoms with van der Waals surface area (Å²) in [5, 5.41) is 3.94. The van der Waals surface area contributed by atoms with Crippen LogP contribution in [0.1, 0.15) is 36.0 Å².